The number of likely N-dealkylation sites (tertiary alicyclic amines) is 1. The number of halogens is 6. The molecule has 57 heavy (non-hydrogen) atoms. The Morgan fingerprint density at radius 1 is 0.719 bits per heavy atom. The zero-order valence-electron chi connectivity index (χ0n) is 30.2. The fourth-order valence-electron chi connectivity index (χ4n) is 5.84. The molecule has 0 spiro atoms. The van der Waals surface area contributed by atoms with Crippen LogP contribution in [-0.4, -0.2) is 80.4 Å². The molecule has 4 heterocycles. The number of fused-ring (bicyclic) bond motifs is 3. The topological polar surface area (TPSA) is 137 Å². The molecule has 8 rings (SSSR count). The van der Waals surface area contributed by atoms with Gasteiger partial charge in [0.05, 0.1) is 48.0 Å². The summed E-state index contributed by atoms with van der Waals surface area (Å²) in [6.45, 7) is 1.04. The van der Waals surface area contributed by atoms with Crippen LogP contribution in [0.2, 0.25) is 15.7 Å². The third-order valence-electron chi connectivity index (χ3n) is 8.41. The number of aromatic nitrogens is 6. The van der Waals surface area contributed by atoms with Crippen molar-refractivity contribution in [3.05, 3.63) is 118 Å². The van der Waals surface area contributed by atoms with E-state index in [9.17, 15) is 18.0 Å². The van der Waals surface area contributed by atoms with Gasteiger partial charge in [0.15, 0.2) is 0 Å². The van der Waals surface area contributed by atoms with Crippen LogP contribution in [0.3, 0.4) is 0 Å². The number of carbonyl (C=O) groups is 1. The molecule has 1 aliphatic heterocycles. The molecule has 0 unspecified atom stereocenters. The molecule has 18 heteroatoms. The third-order valence-corrected chi connectivity index (χ3v) is 9.04. The van der Waals surface area contributed by atoms with Crippen LogP contribution in [0, 0.1) is 0 Å². The highest BCUT2D eigenvalue weighted by molar-refractivity contribution is 6.35. The average Bonchev–Trinajstić information content (AvgIpc) is 3.66. The minimum absolute atomic E-state index is 0.0209. The number of hydrogen-bond donors (Lipinski definition) is 1. The van der Waals surface area contributed by atoms with Crippen molar-refractivity contribution in [3.63, 3.8) is 0 Å². The van der Waals surface area contributed by atoms with Gasteiger partial charge < -0.3 is 24.4 Å². The molecule has 1 amide bonds. The van der Waals surface area contributed by atoms with Gasteiger partial charge in [-0.25, -0.2) is 19.9 Å². The molecule has 1 N–H and O–H groups in total. The average molecular weight is 840 g/mol. The summed E-state index contributed by atoms with van der Waals surface area (Å²) in [5.74, 6) is 0.999. The first kappa shape index (κ1) is 40.9. The number of benzene rings is 4. The molecule has 7 aromatic rings. The first-order valence-corrected chi connectivity index (χ1v) is 18.3. The lowest BCUT2D eigenvalue weighted by Crippen LogP contribution is -2.32. The van der Waals surface area contributed by atoms with Gasteiger partial charge >= 0.3 is 6.36 Å². The largest absolute Gasteiger partial charge is 0.573 e. The number of anilines is 1. The summed E-state index contributed by atoms with van der Waals surface area (Å²) in [5, 5.41) is 6.55. The van der Waals surface area contributed by atoms with Crippen molar-refractivity contribution in [2.45, 2.75) is 25.2 Å². The van der Waals surface area contributed by atoms with E-state index in [2.05, 4.69) is 40.0 Å². The highest BCUT2D eigenvalue weighted by Crippen LogP contribution is 2.27. The van der Waals surface area contributed by atoms with Crippen LogP contribution in [0.4, 0.5) is 19.1 Å². The summed E-state index contributed by atoms with van der Waals surface area (Å²) in [5.41, 5.74) is 2.93. The van der Waals surface area contributed by atoms with Crippen molar-refractivity contribution in [2.75, 3.05) is 32.6 Å². The van der Waals surface area contributed by atoms with Gasteiger partial charge in [-0.2, -0.15) is 9.97 Å². The van der Waals surface area contributed by atoms with E-state index < -0.39 is 6.36 Å². The number of methoxy groups -OCH3 is 2. The first-order valence-electron chi connectivity index (χ1n) is 17.1. The van der Waals surface area contributed by atoms with Crippen molar-refractivity contribution < 1.29 is 32.2 Å². The summed E-state index contributed by atoms with van der Waals surface area (Å²) in [7, 11) is 3.11. The lowest BCUT2D eigenvalue weighted by molar-refractivity contribution is -0.274. The number of amides is 1. The second-order valence-electron chi connectivity index (χ2n) is 12.2. The van der Waals surface area contributed by atoms with Crippen molar-refractivity contribution in [1.29, 1.82) is 0 Å². The molecular formula is C39H32Cl3F3N8O4. The van der Waals surface area contributed by atoms with Crippen molar-refractivity contribution >= 4 is 79.4 Å². The maximum Gasteiger partial charge on any atom is 0.573 e. The summed E-state index contributed by atoms with van der Waals surface area (Å²) in [4.78, 5) is 39.1. The Labute approximate surface area is 338 Å². The minimum atomic E-state index is -4.74. The summed E-state index contributed by atoms with van der Waals surface area (Å²) in [6, 6.07) is 27.8. The molecule has 0 radical (unpaired) electrons. The molecule has 1 saturated heterocycles. The number of para-hydroxylation sites is 3. The molecule has 0 aliphatic carbocycles. The van der Waals surface area contributed by atoms with Gasteiger partial charge in [0.25, 0.3) is 0 Å². The molecule has 294 valence electrons. The highest BCUT2D eigenvalue weighted by Gasteiger charge is 2.31. The Kier molecular flexibility index (Phi) is 13.2. The molecule has 1 atom stereocenters. The van der Waals surface area contributed by atoms with E-state index in [1.807, 2.05) is 72.8 Å². The fraction of sp³-hybridized carbons (Fsp3) is 0.205. The zero-order chi connectivity index (χ0) is 40.5. The Balaban J connectivity index is 0.000000178. The summed E-state index contributed by atoms with van der Waals surface area (Å²) in [6.07, 6.45) is -3.92. The van der Waals surface area contributed by atoms with E-state index in [0.717, 1.165) is 39.1 Å². The molecule has 0 saturated carbocycles. The van der Waals surface area contributed by atoms with Crippen molar-refractivity contribution in [1.82, 2.24) is 34.8 Å². The van der Waals surface area contributed by atoms with E-state index in [1.165, 1.54) is 24.3 Å². The van der Waals surface area contributed by atoms with Gasteiger partial charge in [-0.15, -0.1) is 13.2 Å². The molecule has 12 nitrogen and oxygen atoms in total. The summed E-state index contributed by atoms with van der Waals surface area (Å²) >= 11 is 17.1. The van der Waals surface area contributed by atoms with Gasteiger partial charge in [-0.1, -0.05) is 60.1 Å². The van der Waals surface area contributed by atoms with Crippen LogP contribution in [-0.2, 0) is 11.2 Å². The number of nitrogens with zero attached hydrogens (tertiary/aromatic N) is 7. The fourth-order valence-corrected chi connectivity index (χ4v) is 6.46. The molecule has 3 aromatic heterocycles. The third kappa shape index (κ3) is 11.0. The summed E-state index contributed by atoms with van der Waals surface area (Å²) < 4.78 is 51.1. The predicted octanol–water partition coefficient (Wildman–Crippen LogP) is 9.02. The zero-order valence-corrected chi connectivity index (χ0v) is 32.4. The van der Waals surface area contributed by atoms with Crippen LogP contribution in [0.1, 0.15) is 12.0 Å². The number of ether oxygens (including phenoxy) is 3. The molecule has 1 aliphatic rings. The number of rotatable bonds is 7. The van der Waals surface area contributed by atoms with E-state index in [1.54, 1.807) is 19.1 Å². The van der Waals surface area contributed by atoms with Crippen LogP contribution >= 0.6 is 34.8 Å². The molecular weight excluding hydrogens is 808 g/mol. The smallest absolute Gasteiger partial charge is 0.480 e. The second kappa shape index (κ2) is 18.4. The monoisotopic (exact) mass is 838 g/mol. The van der Waals surface area contributed by atoms with Crippen LogP contribution in [0.15, 0.2) is 97.1 Å². The maximum atomic E-state index is 12.6. The van der Waals surface area contributed by atoms with Gasteiger partial charge in [-0.3, -0.25) is 4.79 Å². The Hall–Kier alpha value is -5.77. The van der Waals surface area contributed by atoms with Gasteiger partial charge in [0, 0.05) is 24.5 Å². The number of carbonyl (C=O) groups excluding carboxylic acids is 1. The van der Waals surface area contributed by atoms with Crippen LogP contribution < -0.4 is 19.5 Å². The van der Waals surface area contributed by atoms with E-state index in [0.29, 0.717) is 41.5 Å². The maximum absolute atomic E-state index is 12.6. The molecule has 0 bridgehead atoms. The Morgan fingerprint density at radius 3 is 1.84 bits per heavy atom. The standard InChI is InChI=1S/C22H21F3N4O3.C9H7ClN2O.C8H4Cl2N2/c1-31-20-17-4-2-3-5-18(17)27-21(28-20)26-15-10-11-29(13-15)19(30)12-14-6-8-16(9-7-14)32-22(23,24)25;1-13-8-6-4-2-3-5-7(6)11-9(10)12-8;9-7-5-3-1-2-4-6(5)11-8(10)12-7/h2-9,15H,10-13H2,1H3,(H,26,27,28);2-5H,1H3;1-4H/t15-;;/m0../s1. The number of hydrogen-bond acceptors (Lipinski definition) is 11. The number of alkyl halides is 3. The van der Waals surface area contributed by atoms with Gasteiger partial charge in [0.2, 0.25) is 34.2 Å². The SMILES string of the molecule is COc1nc(Cl)nc2ccccc12.COc1nc(N[C@H]2CCN(C(=O)Cc3ccc(OC(F)(F)F)cc3)C2)nc2ccccc12.Clc1nc(Cl)c2ccccc2n1. The first-order chi connectivity index (χ1) is 27.4. The highest BCUT2D eigenvalue weighted by atomic mass is 35.5. The van der Waals surface area contributed by atoms with Crippen LogP contribution in [0.25, 0.3) is 32.7 Å². The van der Waals surface area contributed by atoms with Crippen molar-refractivity contribution in [3.8, 4) is 17.5 Å². The minimum Gasteiger partial charge on any atom is -0.480 e. The molecule has 1 fully saturated rings. The molecule has 4 aromatic carbocycles. The van der Waals surface area contributed by atoms with Gasteiger partial charge in [0.1, 0.15) is 10.9 Å². The van der Waals surface area contributed by atoms with E-state index in [-0.39, 0.29) is 34.7 Å². The van der Waals surface area contributed by atoms with Crippen molar-refractivity contribution in [2.24, 2.45) is 0 Å². The van der Waals surface area contributed by atoms with E-state index >= 15 is 0 Å². The normalized spacial score (nSPS) is 13.7. The second-order valence-corrected chi connectivity index (χ2v) is 13.3. The Bertz CT molecular complexity index is 2500. The van der Waals surface area contributed by atoms with Crippen LogP contribution in [0.5, 0.6) is 17.5 Å². The Morgan fingerprint density at radius 2 is 1.25 bits per heavy atom. The lowest BCUT2D eigenvalue weighted by Gasteiger charge is -2.18. The predicted molar refractivity (Wildman–Crippen MR) is 212 cm³/mol. The van der Waals surface area contributed by atoms with E-state index in [4.69, 9.17) is 44.3 Å². The number of nitrogens with one attached hydrogen (secondary N) is 1. The van der Waals surface area contributed by atoms with Gasteiger partial charge in [-0.05, 0) is 83.7 Å². The quantitative estimate of drug-likeness (QED) is 0.122. The lowest BCUT2D eigenvalue weighted by atomic mass is 10.1.